The molecule has 1 heterocycles. The highest BCUT2D eigenvalue weighted by molar-refractivity contribution is 7.17. The predicted octanol–water partition coefficient (Wildman–Crippen LogP) is 4.67. The molecular formula is C22H26N2O4S. The summed E-state index contributed by atoms with van der Waals surface area (Å²) < 4.78 is 4.54. The number of amides is 3. The van der Waals surface area contributed by atoms with Crippen LogP contribution in [0.25, 0.3) is 0 Å². The molecule has 1 aromatic heterocycles. The molecule has 0 atom stereocenters. The van der Waals surface area contributed by atoms with Gasteiger partial charge < -0.3 is 10.1 Å². The lowest BCUT2D eigenvalue weighted by Crippen LogP contribution is -2.31. The van der Waals surface area contributed by atoms with Crippen molar-refractivity contribution < 1.29 is 19.1 Å². The van der Waals surface area contributed by atoms with Gasteiger partial charge in [0.15, 0.2) is 0 Å². The number of imide groups is 1. The lowest BCUT2D eigenvalue weighted by atomic mass is 9.87. The smallest absolute Gasteiger partial charge is 0.413 e. The van der Waals surface area contributed by atoms with Gasteiger partial charge >= 0.3 is 6.09 Å². The van der Waals surface area contributed by atoms with E-state index in [-0.39, 0.29) is 11.3 Å². The number of nitrogens with one attached hydrogen (secondary N) is 2. The summed E-state index contributed by atoms with van der Waals surface area (Å²) in [4.78, 5) is 38.1. The largest absolute Gasteiger partial charge is 0.453 e. The van der Waals surface area contributed by atoms with Crippen molar-refractivity contribution >= 4 is 34.2 Å². The lowest BCUT2D eigenvalue weighted by molar-refractivity contribution is 0.0937. The molecule has 2 aromatic rings. The third kappa shape index (κ3) is 4.67. The van der Waals surface area contributed by atoms with E-state index >= 15 is 0 Å². The normalized spacial score (nSPS) is 13.4. The molecule has 29 heavy (non-hydrogen) atoms. The third-order valence-corrected chi connectivity index (χ3v) is 6.25. The summed E-state index contributed by atoms with van der Waals surface area (Å²) in [7, 11) is 1.20. The van der Waals surface area contributed by atoms with E-state index in [0.717, 1.165) is 41.7 Å². The second kappa shape index (κ2) is 8.37. The van der Waals surface area contributed by atoms with Crippen LogP contribution in [0.3, 0.4) is 0 Å². The van der Waals surface area contributed by atoms with E-state index in [2.05, 4.69) is 36.1 Å². The Balaban J connectivity index is 1.88. The van der Waals surface area contributed by atoms with Crippen molar-refractivity contribution in [2.24, 2.45) is 0 Å². The summed E-state index contributed by atoms with van der Waals surface area (Å²) in [5.74, 6) is -0.828. The Kier molecular flexibility index (Phi) is 6.07. The van der Waals surface area contributed by atoms with Crippen LogP contribution in [0, 0.1) is 0 Å². The van der Waals surface area contributed by atoms with E-state index < -0.39 is 12.0 Å². The fourth-order valence-electron chi connectivity index (χ4n) is 3.40. The molecule has 3 rings (SSSR count). The Hall–Kier alpha value is -2.67. The maximum atomic E-state index is 12.8. The first-order valence-corrected chi connectivity index (χ1v) is 10.5. The molecule has 0 radical (unpaired) electrons. The quantitative estimate of drug-likeness (QED) is 0.764. The summed E-state index contributed by atoms with van der Waals surface area (Å²) in [5, 5.41) is 5.57. The van der Waals surface area contributed by atoms with Crippen molar-refractivity contribution in [2.45, 2.75) is 51.9 Å². The van der Waals surface area contributed by atoms with Gasteiger partial charge in [0.2, 0.25) is 0 Å². The molecule has 0 aliphatic heterocycles. The highest BCUT2D eigenvalue weighted by atomic mass is 32.1. The number of benzene rings is 1. The Bertz CT molecular complexity index is 939. The third-order valence-electron chi connectivity index (χ3n) is 5.04. The molecular weight excluding hydrogens is 388 g/mol. The molecule has 1 aliphatic carbocycles. The zero-order chi connectivity index (χ0) is 21.2. The SMILES string of the molecule is COC(=O)NC(=O)c1c(NC(=O)c2ccc(C(C)(C)C)cc2)sc2c1CCCC2. The van der Waals surface area contributed by atoms with Gasteiger partial charge in [0, 0.05) is 10.4 Å². The molecule has 0 spiro atoms. The summed E-state index contributed by atoms with van der Waals surface area (Å²) in [5.41, 5.74) is 2.94. The molecule has 1 aliphatic rings. The van der Waals surface area contributed by atoms with Gasteiger partial charge in [-0.15, -0.1) is 11.3 Å². The van der Waals surface area contributed by atoms with Gasteiger partial charge in [0.25, 0.3) is 11.8 Å². The van der Waals surface area contributed by atoms with Gasteiger partial charge in [-0.1, -0.05) is 32.9 Å². The van der Waals surface area contributed by atoms with Gasteiger partial charge in [0.05, 0.1) is 12.7 Å². The van der Waals surface area contributed by atoms with Crippen LogP contribution in [0.15, 0.2) is 24.3 Å². The second-order valence-electron chi connectivity index (χ2n) is 8.14. The van der Waals surface area contributed by atoms with Crippen LogP contribution in [0.2, 0.25) is 0 Å². The standard InChI is InChI=1S/C22H26N2O4S/c1-22(2,3)14-11-9-13(10-12-14)18(25)23-20-17(19(26)24-21(27)28-4)15-7-5-6-8-16(15)29-20/h9-12H,5-8H2,1-4H3,(H,23,25)(H,24,26,27). The van der Waals surface area contributed by atoms with Gasteiger partial charge in [-0.2, -0.15) is 0 Å². The number of methoxy groups -OCH3 is 1. The van der Waals surface area contributed by atoms with Gasteiger partial charge in [-0.3, -0.25) is 14.9 Å². The summed E-state index contributed by atoms with van der Waals surface area (Å²) in [6, 6.07) is 7.47. The van der Waals surface area contributed by atoms with E-state index in [1.165, 1.54) is 18.4 Å². The number of hydrogen-bond acceptors (Lipinski definition) is 5. The summed E-state index contributed by atoms with van der Waals surface area (Å²) in [6.07, 6.45) is 2.83. The van der Waals surface area contributed by atoms with Gasteiger partial charge in [-0.25, -0.2) is 4.79 Å². The Morgan fingerprint density at radius 3 is 2.28 bits per heavy atom. The number of alkyl carbamates (subject to hydrolysis) is 1. The molecule has 0 saturated carbocycles. The minimum atomic E-state index is -0.819. The topological polar surface area (TPSA) is 84.5 Å². The lowest BCUT2D eigenvalue weighted by Gasteiger charge is -2.19. The molecule has 0 fully saturated rings. The van der Waals surface area contributed by atoms with Crippen LogP contribution in [0.1, 0.15) is 70.3 Å². The first kappa shape index (κ1) is 21.0. The molecule has 0 saturated heterocycles. The van der Waals surface area contributed by atoms with Crippen LogP contribution in [0.5, 0.6) is 0 Å². The van der Waals surface area contributed by atoms with Crippen LogP contribution in [-0.4, -0.2) is 25.0 Å². The molecule has 0 bridgehead atoms. The van der Waals surface area contributed by atoms with Gasteiger partial charge in [-0.05, 0) is 54.4 Å². The second-order valence-corrected chi connectivity index (χ2v) is 9.25. The molecule has 3 amide bonds. The predicted molar refractivity (Wildman–Crippen MR) is 114 cm³/mol. The van der Waals surface area contributed by atoms with E-state index in [9.17, 15) is 14.4 Å². The first-order valence-electron chi connectivity index (χ1n) is 9.66. The van der Waals surface area contributed by atoms with Crippen molar-refractivity contribution in [3.63, 3.8) is 0 Å². The van der Waals surface area contributed by atoms with E-state index in [1.807, 2.05) is 12.1 Å². The molecule has 6 nitrogen and oxygen atoms in total. The zero-order valence-electron chi connectivity index (χ0n) is 17.2. The van der Waals surface area contributed by atoms with Crippen LogP contribution in [0.4, 0.5) is 9.80 Å². The molecule has 2 N–H and O–H groups in total. The monoisotopic (exact) mass is 414 g/mol. The number of carbonyl (C=O) groups is 3. The highest BCUT2D eigenvalue weighted by Gasteiger charge is 2.27. The van der Waals surface area contributed by atoms with Crippen LogP contribution < -0.4 is 10.6 Å². The molecule has 1 aromatic carbocycles. The summed E-state index contributed by atoms with van der Waals surface area (Å²) >= 11 is 1.41. The Labute approximate surface area is 174 Å². The summed E-state index contributed by atoms with van der Waals surface area (Å²) in [6.45, 7) is 6.35. The van der Waals surface area contributed by atoms with E-state index in [1.54, 1.807) is 12.1 Å². The number of anilines is 1. The average Bonchev–Trinajstić information content (AvgIpc) is 3.05. The number of aryl methyl sites for hydroxylation is 1. The van der Waals surface area contributed by atoms with Crippen molar-refractivity contribution in [2.75, 3.05) is 12.4 Å². The number of rotatable bonds is 3. The maximum Gasteiger partial charge on any atom is 0.413 e. The Morgan fingerprint density at radius 2 is 1.66 bits per heavy atom. The molecule has 7 heteroatoms. The number of thiophene rings is 1. The van der Waals surface area contributed by atoms with Crippen molar-refractivity contribution in [1.29, 1.82) is 0 Å². The number of ether oxygens (including phenoxy) is 1. The molecule has 0 unspecified atom stereocenters. The number of carbonyl (C=O) groups excluding carboxylic acids is 3. The Morgan fingerprint density at radius 1 is 1.00 bits per heavy atom. The van der Waals surface area contributed by atoms with E-state index in [4.69, 9.17) is 0 Å². The number of fused-ring (bicyclic) bond motifs is 1. The zero-order valence-corrected chi connectivity index (χ0v) is 18.0. The van der Waals surface area contributed by atoms with Crippen molar-refractivity contribution in [1.82, 2.24) is 5.32 Å². The highest BCUT2D eigenvalue weighted by Crippen LogP contribution is 2.38. The fourth-order valence-corrected chi connectivity index (χ4v) is 4.68. The van der Waals surface area contributed by atoms with Crippen molar-refractivity contribution in [3.05, 3.63) is 51.4 Å². The van der Waals surface area contributed by atoms with Crippen LogP contribution >= 0.6 is 11.3 Å². The van der Waals surface area contributed by atoms with Gasteiger partial charge in [0.1, 0.15) is 5.00 Å². The minimum Gasteiger partial charge on any atom is -0.453 e. The number of hydrogen-bond donors (Lipinski definition) is 2. The average molecular weight is 415 g/mol. The van der Waals surface area contributed by atoms with Crippen LogP contribution in [-0.2, 0) is 23.0 Å². The van der Waals surface area contributed by atoms with E-state index in [0.29, 0.717) is 16.1 Å². The molecule has 154 valence electrons. The van der Waals surface area contributed by atoms with Crippen molar-refractivity contribution in [3.8, 4) is 0 Å². The minimum absolute atomic E-state index is 0.000950. The fraction of sp³-hybridized carbons (Fsp3) is 0.409. The maximum absolute atomic E-state index is 12.8. The first-order chi connectivity index (χ1) is 13.7.